The number of hydrogen-bond acceptors (Lipinski definition) is 3. The molecule has 0 spiro atoms. The molecular weight excluding hydrogens is 445 g/mol. The average molecular weight is 468 g/mol. The summed E-state index contributed by atoms with van der Waals surface area (Å²) in [6, 6.07) is 21.0. The standard InChI is InChI=1S/C25H23Cl2N3O2/c1-29(16-23(31)28-24-21(26)7-4-8-22(24)27)25(32)18-9-11-20(12-10-18)30-14-13-17-5-2-3-6-19(17)15-30/h2-12H,13-16H2,1H3,(H,28,31). The van der Waals surface area contributed by atoms with Crippen LogP contribution in [-0.2, 0) is 17.8 Å². The molecule has 3 aromatic rings. The van der Waals surface area contributed by atoms with Gasteiger partial charge < -0.3 is 15.1 Å². The zero-order valence-corrected chi connectivity index (χ0v) is 19.2. The largest absolute Gasteiger partial charge is 0.367 e. The van der Waals surface area contributed by atoms with Crippen molar-refractivity contribution in [3.05, 3.63) is 93.5 Å². The van der Waals surface area contributed by atoms with E-state index in [1.165, 1.54) is 16.0 Å². The van der Waals surface area contributed by atoms with E-state index in [4.69, 9.17) is 23.2 Å². The smallest absolute Gasteiger partial charge is 0.254 e. The third-order valence-electron chi connectivity index (χ3n) is 5.56. The molecule has 1 aliphatic rings. The molecule has 164 valence electrons. The molecule has 0 aromatic heterocycles. The van der Waals surface area contributed by atoms with Gasteiger partial charge in [-0.25, -0.2) is 0 Å². The molecule has 0 saturated heterocycles. The third-order valence-corrected chi connectivity index (χ3v) is 6.19. The molecule has 4 rings (SSSR count). The van der Waals surface area contributed by atoms with Gasteiger partial charge in [0.25, 0.3) is 5.91 Å². The van der Waals surface area contributed by atoms with Gasteiger partial charge in [-0.05, 0) is 53.9 Å². The van der Waals surface area contributed by atoms with Gasteiger partial charge in [-0.1, -0.05) is 53.5 Å². The average Bonchev–Trinajstić information content (AvgIpc) is 2.81. The fraction of sp³-hybridized carbons (Fsp3) is 0.200. The van der Waals surface area contributed by atoms with Crippen LogP contribution in [-0.4, -0.2) is 36.9 Å². The Morgan fingerprint density at radius 2 is 1.59 bits per heavy atom. The summed E-state index contributed by atoms with van der Waals surface area (Å²) in [7, 11) is 1.59. The van der Waals surface area contributed by atoms with Gasteiger partial charge in [-0.15, -0.1) is 0 Å². The predicted molar refractivity (Wildman–Crippen MR) is 130 cm³/mol. The number of fused-ring (bicyclic) bond motifs is 1. The number of carbonyl (C=O) groups excluding carboxylic acids is 2. The van der Waals surface area contributed by atoms with Gasteiger partial charge in [0.1, 0.15) is 0 Å². The van der Waals surface area contributed by atoms with Crippen LogP contribution >= 0.6 is 23.2 Å². The fourth-order valence-electron chi connectivity index (χ4n) is 3.83. The first-order chi connectivity index (χ1) is 15.4. The van der Waals surface area contributed by atoms with Crippen LogP contribution in [0.3, 0.4) is 0 Å². The molecule has 0 bridgehead atoms. The zero-order chi connectivity index (χ0) is 22.7. The van der Waals surface area contributed by atoms with Crippen molar-refractivity contribution in [1.82, 2.24) is 4.90 Å². The number of nitrogens with zero attached hydrogens (tertiary/aromatic N) is 2. The summed E-state index contributed by atoms with van der Waals surface area (Å²) in [6.07, 6.45) is 1.00. The minimum atomic E-state index is -0.376. The number of benzene rings is 3. The number of likely N-dealkylation sites (N-methyl/N-ethyl adjacent to an activating group) is 1. The summed E-state index contributed by atoms with van der Waals surface area (Å²) in [5.41, 5.74) is 4.67. The second kappa shape index (κ2) is 9.63. The number of amides is 2. The number of anilines is 2. The van der Waals surface area contributed by atoms with Crippen molar-refractivity contribution in [3.63, 3.8) is 0 Å². The van der Waals surface area contributed by atoms with Crippen LogP contribution in [0, 0.1) is 0 Å². The summed E-state index contributed by atoms with van der Waals surface area (Å²) in [6.45, 7) is 1.67. The van der Waals surface area contributed by atoms with Crippen LogP contribution in [0.1, 0.15) is 21.5 Å². The molecule has 1 aliphatic heterocycles. The Morgan fingerprint density at radius 3 is 2.28 bits per heavy atom. The van der Waals surface area contributed by atoms with Crippen molar-refractivity contribution in [2.24, 2.45) is 0 Å². The van der Waals surface area contributed by atoms with Crippen molar-refractivity contribution in [2.45, 2.75) is 13.0 Å². The Bertz CT molecular complexity index is 1130. The highest BCUT2D eigenvalue weighted by Gasteiger charge is 2.19. The molecule has 0 radical (unpaired) electrons. The number of para-hydroxylation sites is 1. The van der Waals surface area contributed by atoms with E-state index in [9.17, 15) is 9.59 Å². The maximum absolute atomic E-state index is 12.8. The molecule has 1 N–H and O–H groups in total. The fourth-order valence-corrected chi connectivity index (χ4v) is 4.33. The second-order valence-corrected chi connectivity index (χ2v) is 8.61. The number of carbonyl (C=O) groups is 2. The highest BCUT2D eigenvalue weighted by molar-refractivity contribution is 6.39. The van der Waals surface area contributed by atoms with Crippen molar-refractivity contribution in [2.75, 3.05) is 30.4 Å². The highest BCUT2D eigenvalue weighted by atomic mass is 35.5. The summed E-state index contributed by atoms with van der Waals surface area (Å²) in [5.74, 6) is -0.611. The lowest BCUT2D eigenvalue weighted by molar-refractivity contribution is -0.116. The van der Waals surface area contributed by atoms with E-state index >= 15 is 0 Å². The summed E-state index contributed by atoms with van der Waals surface area (Å²) >= 11 is 12.2. The number of rotatable bonds is 5. The van der Waals surface area contributed by atoms with Crippen LogP contribution in [0.2, 0.25) is 10.0 Å². The third kappa shape index (κ3) is 4.90. The highest BCUT2D eigenvalue weighted by Crippen LogP contribution is 2.30. The Morgan fingerprint density at radius 1 is 0.938 bits per heavy atom. The lowest BCUT2D eigenvalue weighted by Gasteiger charge is -2.30. The molecule has 0 atom stereocenters. The molecule has 0 saturated carbocycles. The van der Waals surface area contributed by atoms with Crippen LogP contribution < -0.4 is 10.2 Å². The van der Waals surface area contributed by atoms with E-state index < -0.39 is 0 Å². The van der Waals surface area contributed by atoms with Crippen molar-refractivity contribution in [3.8, 4) is 0 Å². The summed E-state index contributed by atoms with van der Waals surface area (Å²) < 4.78 is 0. The minimum Gasteiger partial charge on any atom is -0.367 e. The van der Waals surface area contributed by atoms with E-state index in [1.807, 2.05) is 12.1 Å². The molecule has 2 amide bonds. The van der Waals surface area contributed by atoms with Gasteiger partial charge in [-0.3, -0.25) is 9.59 Å². The Balaban J connectivity index is 1.37. The number of nitrogens with one attached hydrogen (secondary N) is 1. The normalized spacial score (nSPS) is 12.8. The summed E-state index contributed by atoms with van der Waals surface area (Å²) in [5, 5.41) is 3.36. The van der Waals surface area contributed by atoms with Gasteiger partial charge >= 0.3 is 0 Å². The van der Waals surface area contributed by atoms with Gasteiger partial charge in [0.15, 0.2) is 0 Å². The topological polar surface area (TPSA) is 52.7 Å². The zero-order valence-electron chi connectivity index (χ0n) is 17.6. The molecule has 3 aromatic carbocycles. The maximum Gasteiger partial charge on any atom is 0.254 e. The Hall–Kier alpha value is -3.02. The van der Waals surface area contributed by atoms with E-state index in [1.54, 1.807) is 37.4 Å². The van der Waals surface area contributed by atoms with Crippen LogP contribution in [0.5, 0.6) is 0 Å². The van der Waals surface area contributed by atoms with Gasteiger partial charge in [0, 0.05) is 31.4 Å². The van der Waals surface area contributed by atoms with Crippen molar-refractivity contribution in [1.29, 1.82) is 0 Å². The molecule has 32 heavy (non-hydrogen) atoms. The quantitative estimate of drug-likeness (QED) is 0.556. The predicted octanol–water partition coefficient (Wildman–Crippen LogP) is 5.27. The van der Waals surface area contributed by atoms with Gasteiger partial charge in [0.2, 0.25) is 5.91 Å². The summed E-state index contributed by atoms with van der Waals surface area (Å²) in [4.78, 5) is 28.9. The Kier molecular flexibility index (Phi) is 6.68. The molecule has 0 unspecified atom stereocenters. The van der Waals surface area contributed by atoms with Crippen LogP contribution in [0.15, 0.2) is 66.7 Å². The molecular formula is C25H23Cl2N3O2. The number of hydrogen-bond donors (Lipinski definition) is 1. The first-order valence-electron chi connectivity index (χ1n) is 10.3. The van der Waals surface area contributed by atoms with Crippen LogP contribution in [0.25, 0.3) is 0 Å². The number of halogens is 2. The van der Waals surface area contributed by atoms with Crippen molar-refractivity contribution < 1.29 is 9.59 Å². The van der Waals surface area contributed by atoms with E-state index in [0.29, 0.717) is 21.3 Å². The minimum absolute atomic E-state index is 0.120. The van der Waals surface area contributed by atoms with E-state index in [2.05, 4.69) is 34.5 Å². The van der Waals surface area contributed by atoms with E-state index in [0.717, 1.165) is 25.2 Å². The molecule has 1 heterocycles. The lowest BCUT2D eigenvalue weighted by Crippen LogP contribution is -2.35. The Labute approximate surface area is 197 Å². The second-order valence-electron chi connectivity index (χ2n) is 7.79. The van der Waals surface area contributed by atoms with Crippen molar-refractivity contribution >= 4 is 46.4 Å². The van der Waals surface area contributed by atoms with E-state index in [-0.39, 0.29) is 18.4 Å². The maximum atomic E-state index is 12.8. The van der Waals surface area contributed by atoms with Crippen LogP contribution in [0.4, 0.5) is 11.4 Å². The van der Waals surface area contributed by atoms with Gasteiger partial charge in [-0.2, -0.15) is 0 Å². The van der Waals surface area contributed by atoms with Gasteiger partial charge in [0.05, 0.1) is 22.3 Å². The molecule has 0 aliphatic carbocycles. The lowest BCUT2D eigenvalue weighted by atomic mass is 9.99. The SMILES string of the molecule is CN(CC(=O)Nc1c(Cl)cccc1Cl)C(=O)c1ccc(N2CCc3ccccc3C2)cc1. The first kappa shape index (κ1) is 22.2. The molecule has 5 nitrogen and oxygen atoms in total. The molecule has 7 heteroatoms. The monoisotopic (exact) mass is 467 g/mol. The molecule has 0 fully saturated rings. The first-order valence-corrected chi connectivity index (χ1v) is 11.1.